The number of halogens is 1. The smallest absolute Gasteiger partial charge is 0.131 e. The minimum atomic E-state index is 0.490. The van der Waals surface area contributed by atoms with Crippen LogP contribution in [0.15, 0.2) is 29.0 Å². The van der Waals surface area contributed by atoms with E-state index in [-0.39, 0.29) is 0 Å². The third kappa shape index (κ3) is 7.31. The van der Waals surface area contributed by atoms with Gasteiger partial charge in [-0.05, 0) is 31.2 Å². The summed E-state index contributed by atoms with van der Waals surface area (Å²) in [7, 11) is 0. The van der Waals surface area contributed by atoms with Gasteiger partial charge in [0, 0.05) is 28.9 Å². The zero-order valence-corrected chi connectivity index (χ0v) is 19.8. The Morgan fingerprint density at radius 1 is 1.24 bits per heavy atom. The Morgan fingerprint density at radius 3 is 2.59 bits per heavy atom. The van der Waals surface area contributed by atoms with E-state index in [4.69, 9.17) is 17.3 Å². The third-order valence-corrected chi connectivity index (χ3v) is 6.51. The molecule has 0 unspecified atom stereocenters. The topological polar surface area (TPSA) is 50.9 Å². The number of nitrogens with zero attached hydrogens (tertiary/aromatic N) is 1. The number of nitrogens with two attached hydrogens (primary N) is 1. The van der Waals surface area contributed by atoms with E-state index < -0.39 is 0 Å². The summed E-state index contributed by atoms with van der Waals surface area (Å²) in [6.45, 7) is 6.61. The van der Waals surface area contributed by atoms with Crippen LogP contribution in [0.2, 0.25) is 5.15 Å². The molecule has 3 nitrogen and oxygen atoms in total. The molecule has 0 atom stereocenters. The molecule has 1 fully saturated rings. The van der Waals surface area contributed by atoms with Gasteiger partial charge in [-0.1, -0.05) is 56.7 Å². The van der Waals surface area contributed by atoms with Gasteiger partial charge < -0.3 is 11.1 Å². The fourth-order valence-corrected chi connectivity index (χ4v) is 4.83. The van der Waals surface area contributed by atoms with Crippen molar-refractivity contribution in [3.05, 3.63) is 44.6 Å². The van der Waals surface area contributed by atoms with E-state index >= 15 is 0 Å². The maximum Gasteiger partial charge on any atom is 0.131 e. The van der Waals surface area contributed by atoms with Crippen LogP contribution in [0.25, 0.3) is 10.2 Å². The van der Waals surface area contributed by atoms with Crippen LogP contribution in [0.5, 0.6) is 0 Å². The van der Waals surface area contributed by atoms with Crippen molar-refractivity contribution in [3.8, 4) is 11.8 Å². The van der Waals surface area contributed by atoms with Gasteiger partial charge in [0.15, 0.2) is 0 Å². The number of pyridine rings is 1. The number of hydrogen-bond donors (Lipinski definition) is 2. The Kier molecular flexibility index (Phi) is 10.5. The molecule has 0 saturated heterocycles. The fourth-order valence-electron chi connectivity index (χ4n) is 3.06. The van der Waals surface area contributed by atoms with Crippen LogP contribution in [0.3, 0.4) is 0 Å². The first kappa shape index (κ1) is 23.7. The predicted molar refractivity (Wildman–Crippen MR) is 131 cm³/mol. The molecule has 6 heteroatoms. The van der Waals surface area contributed by atoms with Crippen molar-refractivity contribution >= 4 is 50.2 Å². The number of thiophene rings is 2. The lowest BCUT2D eigenvalue weighted by atomic mass is 9.97. The van der Waals surface area contributed by atoms with Gasteiger partial charge in [0.05, 0.1) is 16.0 Å². The second-order valence-electron chi connectivity index (χ2n) is 6.53. The molecule has 156 valence electrons. The highest BCUT2D eigenvalue weighted by Crippen LogP contribution is 2.33. The van der Waals surface area contributed by atoms with Crippen LogP contribution in [0.1, 0.15) is 63.3 Å². The number of rotatable bonds is 3. The van der Waals surface area contributed by atoms with Gasteiger partial charge in [0.25, 0.3) is 0 Å². The van der Waals surface area contributed by atoms with E-state index in [1.165, 1.54) is 37.0 Å². The van der Waals surface area contributed by atoms with Gasteiger partial charge in [0.1, 0.15) is 10.7 Å². The summed E-state index contributed by atoms with van der Waals surface area (Å²) < 4.78 is 1.10. The molecular formula is C23H30ClN3S2. The molecular weight excluding hydrogens is 418 g/mol. The molecule has 29 heavy (non-hydrogen) atoms. The van der Waals surface area contributed by atoms with Crippen LogP contribution < -0.4 is 11.1 Å². The van der Waals surface area contributed by atoms with E-state index in [1.807, 2.05) is 32.2 Å². The minimum Gasteiger partial charge on any atom is -0.379 e. The first-order valence-electron chi connectivity index (χ1n) is 10.2. The average molecular weight is 448 g/mol. The molecule has 0 radical (unpaired) electrons. The molecule has 3 aromatic heterocycles. The number of anilines is 1. The van der Waals surface area contributed by atoms with Gasteiger partial charge >= 0.3 is 0 Å². The first-order valence-corrected chi connectivity index (χ1v) is 12.3. The Labute approximate surface area is 187 Å². The Bertz CT molecular complexity index is 917. The molecule has 0 spiro atoms. The SMILES string of the molecule is CC.CC#Cc1csc2c(NCc3cccs3)cc(Cl)nc12.NC1CCCCC1. The summed E-state index contributed by atoms with van der Waals surface area (Å²) in [4.78, 5) is 5.68. The quantitative estimate of drug-likeness (QED) is 0.327. The van der Waals surface area contributed by atoms with Gasteiger partial charge in [-0.15, -0.1) is 28.6 Å². The van der Waals surface area contributed by atoms with E-state index in [2.05, 4.69) is 39.7 Å². The maximum absolute atomic E-state index is 6.12. The summed E-state index contributed by atoms with van der Waals surface area (Å²) in [6, 6.07) is 6.57. The van der Waals surface area contributed by atoms with E-state index in [0.29, 0.717) is 11.2 Å². The summed E-state index contributed by atoms with van der Waals surface area (Å²) in [5, 5.41) is 8.03. The molecule has 4 rings (SSSR count). The molecule has 3 N–H and O–H groups in total. The molecule has 1 saturated carbocycles. The van der Waals surface area contributed by atoms with Gasteiger partial charge in [-0.25, -0.2) is 4.98 Å². The highest BCUT2D eigenvalue weighted by Gasteiger charge is 2.10. The molecule has 3 heterocycles. The van der Waals surface area contributed by atoms with Crippen LogP contribution >= 0.6 is 34.3 Å². The van der Waals surface area contributed by atoms with Crippen molar-refractivity contribution in [1.82, 2.24) is 4.98 Å². The zero-order chi connectivity index (χ0) is 21.1. The fraction of sp³-hybridized carbons (Fsp3) is 0.435. The Balaban J connectivity index is 0.000000280. The van der Waals surface area contributed by atoms with E-state index in [9.17, 15) is 0 Å². The highest BCUT2D eigenvalue weighted by atomic mass is 35.5. The van der Waals surface area contributed by atoms with Crippen LogP contribution in [0, 0.1) is 11.8 Å². The van der Waals surface area contributed by atoms with Gasteiger partial charge in [-0.2, -0.15) is 0 Å². The van der Waals surface area contributed by atoms with Crippen molar-refractivity contribution in [1.29, 1.82) is 0 Å². The monoisotopic (exact) mass is 447 g/mol. The molecule has 0 aliphatic heterocycles. The number of hydrogen-bond acceptors (Lipinski definition) is 5. The largest absolute Gasteiger partial charge is 0.379 e. The summed E-state index contributed by atoms with van der Waals surface area (Å²) in [5.41, 5.74) is 8.47. The molecule has 1 aliphatic carbocycles. The number of fused-ring (bicyclic) bond motifs is 1. The minimum absolute atomic E-state index is 0.490. The number of aromatic nitrogens is 1. The zero-order valence-electron chi connectivity index (χ0n) is 17.4. The van der Waals surface area contributed by atoms with E-state index in [1.54, 1.807) is 22.7 Å². The van der Waals surface area contributed by atoms with Crippen LogP contribution in [0.4, 0.5) is 5.69 Å². The Hall–Kier alpha value is -1.58. The van der Waals surface area contributed by atoms with Gasteiger partial charge in [-0.3, -0.25) is 0 Å². The highest BCUT2D eigenvalue weighted by molar-refractivity contribution is 7.18. The summed E-state index contributed by atoms with van der Waals surface area (Å²) >= 11 is 9.50. The summed E-state index contributed by atoms with van der Waals surface area (Å²) in [6.07, 6.45) is 6.66. The Morgan fingerprint density at radius 2 is 2.00 bits per heavy atom. The lowest BCUT2D eigenvalue weighted by molar-refractivity contribution is 0.441. The van der Waals surface area contributed by atoms with Crippen LogP contribution in [-0.2, 0) is 6.54 Å². The maximum atomic E-state index is 6.12. The summed E-state index contributed by atoms with van der Waals surface area (Å²) in [5.74, 6) is 5.98. The van der Waals surface area contributed by atoms with Crippen molar-refractivity contribution in [3.63, 3.8) is 0 Å². The van der Waals surface area contributed by atoms with Crippen molar-refractivity contribution < 1.29 is 0 Å². The average Bonchev–Trinajstić information content (AvgIpc) is 3.40. The standard InChI is InChI=1S/C15H11ClN2S2.C6H13N.C2H6/c1-2-4-10-9-20-15-12(7-13(16)18-14(10)15)17-8-11-5-3-6-19-11;7-6-4-2-1-3-5-6;1-2/h3,5-7,9H,8H2,1H3,(H,17,18);6H,1-5,7H2;1-2H3. The first-order chi connectivity index (χ1) is 14.2. The van der Waals surface area contributed by atoms with Crippen LogP contribution in [-0.4, -0.2) is 11.0 Å². The predicted octanol–water partition coefficient (Wildman–Crippen LogP) is 7.30. The second-order valence-corrected chi connectivity index (χ2v) is 8.82. The lowest BCUT2D eigenvalue weighted by Gasteiger charge is -2.15. The molecule has 3 aromatic rings. The van der Waals surface area contributed by atoms with Crippen molar-refractivity contribution in [2.75, 3.05) is 5.32 Å². The normalized spacial score (nSPS) is 13.4. The molecule has 0 aromatic carbocycles. The van der Waals surface area contributed by atoms with Crippen molar-refractivity contribution in [2.24, 2.45) is 5.73 Å². The number of nitrogens with one attached hydrogen (secondary N) is 1. The van der Waals surface area contributed by atoms with E-state index in [0.717, 1.165) is 28.0 Å². The molecule has 0 amide bonds. The van der Waals surface area contributed by atoms with Crippen molar-refractivity contribution in [2.45, 2.75) is 65.5 Å². The molecule has 1 aliphatic rings. The third-order valence-electron chi connectivity index (χ3n) is 4.43. The molecule has 0 bridgehead atoms. The van der Waals surface area contributed by atoms with Gasteiger partial charge in [0.2, 0.25) is 0 Å². The lowest BCUT2D eigenvalue weighted by Crippen LogP contribution is -2.22. The second kappa shape index (κ2) is 12.9.